The second-order valence-electron chi connectivity index (χ2n) is 4.27. The zero-order valence-corrected chi connectivity index (χ0v) is 11.0. The van der Waals surface area contributed by atoms with Crippen LogP contribution in [0.2, 0.25) is 0 Å². The lowest BCUT2D eigenvalue weighted by Gasteiger charge is -2.20. The molecule has 1 unspecified atom stereocenters. The molecule has 0 aliphatic heterocycles. The van der Waals surface area contributed by atoms with Gasteiger partial charge in [0.15, 0.2) is 0 Å². The number of aromatic nitrogens is 1. The Kier molecular flexibility index (Phi) is 5.70. The van der Waals surface area contributed by atoms with E-state index in [1.54, 1.807) is 13.3 Å². The van der Waals surface area contributed by atoms with Crippen LogP contribution in [0, 0.1) is 0 Å². The van der Waals surface area contributed by atoms with Crippen molar-refractivity contribution in [2.45, 2.75) is 32.7 Å². The van der Waals surface area contributed by atoms with Crippen LogP contribution in [0.15, 0.2) is 30.5 Å². The third kappa shape index (κ3) is 4.19. The van der Waals surface area contributed by atoms with Gasteiger partial charge >= 0.3 is 0 Å². The Bertz CT molecular complexity index is 363. The molecule has 0 aromatic carbocycles. The molecule has 0 aliphatic rings. The number of nitrogens with zero attached hydrogens (tertiary/aromatic N) is 1. The minimum Gasteiger partial charge on any atom is -0.481 e. The van der Waals surface area contributed by atoms with Crippen molar-refractivity contribution in [1.82, 2.24) is 10.3 Å². The third-order valence-corrected chi connectivity index (χ3v) is 2.56. The number of nitrogens with one attached hydrogen (secondary N) is 1. The van der Waals surface area contributed by atoms with Crippen LogP contribution in [-0.4, -0.2) is 18.6 Å². The SMILES string of the molecule is C=C(C)CC(NCCC)c1cccnc1OC. The normalized spacial score (nSPS) is 12.2. The highest BCUT2D eigenvalue weighted by molar-refractivity contribution is 5.29. The first kappa shape index (κ1) is 13.7. The molecule has 0 aliphatic carbocycles. The smallest absolute Gasteiger partial charge is 0.217 e. The van der Waals surface area contributed by atoms with Crippen molar-refractivity contribution in [2.24, 2.45) is 0 Å². The van der Waals surface area contributed by atoms with Crippen molar-refractivity contribution in [1.29, 1.82) is 0 Å². The van der Waals surface area contributed by atoms with Gasteiger partial charge in [0, 0.05) is 17.8 Å². The van der Waals surface area contributed by atoms with E-state index in [0.29, 0.717) is 5.88 Å². The maximum absolute atomic E-state index is 5.31. The van der Waals surface area contributed by atoms with Gasteiger partial charge < -0.3 is 10.1 Å². The summed E-state index contributed by atoms with van der Waals surface area (Å²) >= 11 is 0. The van der Waals surface area contributed by atoms with Crippen molar-refractivity contribution in [3.63, 3.8) is 0 Å². The molecular weight excluding hydrogens is 212 g/mol. The van der Waals surface area contributed by atoms with Gasteiger partial charge in [0.2, 0.25) is 5.88 Å². The molecule has 3 nitrogen and oxygen atoms in total. The third-order valence-electron chi connectivity index (χ3n) is 2.56. The first-order valence-corrected chi connectivity index (χ1v) is 6.05. The molecule has 0 spiro atoms. The Balaban J connectivity index is 2.90. The van der Waals surface area contributed by atoms with Gasteiger partial charge in [-0.15, -0.1) is 6.58 Å². The Labute approximate surface area is 104 Å². The molecule has 0 bridgehead atoms. The van der Waals surface area contributed by atoms with Gasteiger partial charge in [-0.05, 0) is 32.4 Å². The lowest BCUT2D eigenvalue weighted by Crippen LogP contribution is -2.23. The molecule has 1 rings (SSSR count). The summed E-state index contributed by atoms with van der Waals surface area (Å²) in [5.74, 6) is 0.697. The highest BCUT2D eigenvalue weighted by Crippen LogP contribution is 2.26. The van der Waals surface area contributed by atoms with Crippen LogP contribution in [0.25, 0.3) is 0 Å². The summed E-state index contributed by atoms with van der Waals surface area (Å²) in [5.41, 5.74) is 2.26. The summed E-state index contributed by atoms with van der Waals surface area (Å²) in [6.07, 6.45) is 3.76. The average Bonchev–Trinajstić information content (AvgIpc) is 2.34. The minimum atomic E-state index is 0.233. The molecule has 1 aromatic rings. The first-order valence-electron chi connectivity index (χ1n) is 6.05. The standard InChI is InChI=1S/C14H22N2O/c1-5-8-15-13(10-11(2)3)12-7-6-9-16-14(12)17-4/h6-7,9,13,15H,2,5,8,10H2,1,3-4H3. The van der Waals surface area contributed by atoms with Crippen LogP contribution >= 0.6 is 0 Å². The summed E-state index contributed by atoms with van der Waals surface area (Å²) in [4.78, 5) is 4.24. The van der Waals surface area contributed by atoms with Crippen LogP contribution in [0.4, 0.5) is 0 Å². The highest BCUT2D eigenvalue weighted by Gasteiger charge is 2.15. The summed E-state index contributed by atoms with van der Waals surface area (Å²) in [7, 11) is 1.66. The number of ether oxygens (including phenoxy) is 1. The monoisotopic (exact) mass is 234 g/mol. The van der Waals surface area contributed by atoms with E-state index in [-0.39, 0.29) is 6.04 Å². The van der Waals surface area contributed by atoms with E-state index < -0.39 is 0 Å². The lowest BCUT2D eigenvalue weighted by atomic mass is 10.0. The van der Waals surface area contributed by atoms with Crippen LogP contribution in [0.5, 0.6) is 5.88 Å². The molecule has 17 heavy (non-hydrogen) atoms. The van der Waals surface area contributed by atoms with Crippen molar-refractivity contribution in [2.75, 3.05) is 13.7 Å². The maximum Gasteiger partial charge on any atom is 0.217 e. The Morgan fingerprint density at radius 1 is 1.59 bits per heavy atom. The molecule has 0 amide bonds. The van der Waals surface area contributed by atoms with Crippen LogP contribution in [0.3, 0.4) is 0 Å². The number of pyridine rings is 1. The summed E-state index contributed by atoms with van der Waals surface area (Å²) in [5, 5.41) is 3.51. The van der Waals surface area contributed by atoms with Gasteiger partial charge in [0.05, 0.1) is 7.11 Å². The largest absolute Gasteiger partial charge is 0.481 e. The molecule has 0 radical (unpaired) electrons. The van der Waals surface area contributed by atoms with E-state index in [2.05, 4.69) is 29.9 Å². The average molecular weight is 234 g/mol. The van der Waals surface area contributed by atoms with Gasteiger partial charge in [0.1, 0.15) is 0 Å². The lowest BCUT2D eigenvalue weighted by molar-refractivity contribution is 0.381. The predicted octanol–water partition coefficient (Wildman–Crippen LogP) is 3.10. The molecule has 1 atom stereocenters. The summed E-state index contributed by atoms with van der Waals surface area (Å²) in [6, 6.07) is 4.23. The molecule has 1 N–H and O–H groups in total. The molecule has 94 valence electrons. The van der Waals surface area contributed by atoms with Gasteiger partial charge in [0.25, 0.3) is 0 Å². The topological polar surface area (TPSA) is 34.2 Å². The second kappa shape index (κ2) is 7.07. The summed E-state index contributed by atoms with van der Waals surface area (Å²) < 4.78 is 5.31. The van der Waals surface area contributed by atoms with Crippen molar-refractivity contribution in [3.05, 3.63) is 36.0 Å². The number of hydrogen-bond acceptors (Lipinski definition) is 3. The van der Waals surface area contributed by atoms with E-state index in [0.717, 1.165) is 30.5 Å². The molecule has 0 saturated heterocycles. The highest BCUT2D eigenvalue weighted by atomic mass is 16.5. The predicted molar refractivity (Wildman–Crippen MR) is 71.3 cm³/mol. The Morgan fingerprint density at radius 2 is 2.35 bits per heavy atom. The van der Waals surface area contributed by atoms with E-state index in [1.165, 1.54) is 0 Å². The quantitative estimate of drug-likeness (QED) is 0.736. The van der Waals surface area contributed by atoms with Crippen LogP contribution < -0.4 is 10.1 Å². The van der Waals surface area contributed by atoms with Crippen molar-refractivity contribution in [3.8, 4) is 5.88 Å². The minimum absolute atomic E-state index is 0.233. The molecule has 1 heterocycles. The van der Waals surface area contributed by atoms with E-state index in [9.17, 15) is 0 Å². The van der Waals surface area contributed by atoms with Crippen molar-refractivity contribution < 1.29 is 4.74 Å². The first-order chi connectivity index (χ1) is 8.19. The molecule has 1 aromatic heterocycles. The number of hydrogen-bond donors (Lipinski definition) is 1. The molecular formula is C14H22N2O. The van der Waals surface area contributed by atoms with Crippen LogP contribution in [-0.2, 0) is 0 Å². The Morgan fingerprint density at radius 3 is 2.94 bits per heavy atom. The zero-order valence-electron chi connectivity index (χ0n) is 11.0. The van der Waals surface area contributed by atoms with E-state index in [1.807, 2.05) is 13.0 Å². The Hall–Kier alpha value is -1.35. The molecule has 0 saturated carbocycles. The fraction of sp³-hybridized carbons (Fsp3) is 0.500. The van der Waals surface area contributed by atoms with E-state index >= 15 is 0 Å². The van der Waals surface area contributed by atoms with Gasteiger partial charge in [-0.25, -0.2) is 4.98 Å². The van der Waals surface area contributed by atoms with Gasteiger partial charge in [-0.1, -0.05) is 18.6 Å². The number of methoxy groups -OCH3 is 1. The van der Waals surface area contributed by atoms with E-state index in [4.69, 9.17) is 4.74 Å². The maximum atomic E-state index is 5.31. The second-order valence-corrected chi connectivity index (χ2v) is 4.27. The van der Waals surface area contributed by atoms with Gasteiger partial charge in [-0.2, -0.15) is 0 Å². The molecule has 3 heteroatoms. The van der Waals surface area contributed by atoms with Crippen molar-refractivity contribution >= 4 is 0 Å². The zero-order chi connectivity index (χ0) is 12.7. The fourth-order valence-electron chi connectivity index (χ4n) is 1.80. The van der Waals surface area contributed by atoms with Gasteiger partial charge in [-0.3, -0.25) is 0 Å². The molecule has 0 fully saturated rings. The fourth-order valence-corrected chi connectivity index (χ4v) is 1.80. The summed E-state index contributed by atoms with van der Waals surface area (Å²) in [6.45, 7) is 9.17. The number of rotatable bonds is 7. The van der Waals surface area contributed by atoms with Crippen LogP contribution in [0.1, 0.15) is 38.3 Å².